The molecule has 2 rings (SSSR count). The summed E-state index contributed by atoms with van der Waals surface area (Å²) in [6, 6.07) is 4.71. The number of likely N-dealkylation sites (tertiary alicyclic amines) is 1. The van der Waals surface area contributed by atoms with E-state index in [2.05, 4.69) is 6.92 Å². The standard InChI is InChI=1S/C14H18ClNO2/c1-10-4-6-16(7-5-10)14(18)9-11-8-12(17)2-3-13(11)15/h2-3,8,10,17H,4-7,9H2,1H3. The van der Waals surface area contributed by atoms with Gasteiger partial charge in [0.1, 0.15) is 5.75 Å². The van der Waals surface area contributed by atoms with Gasteiger partial charge in [-0.15, -0.1) is 0 Å². The first kappa shape index (κ1) is 13.2. The van der Waals surface area contributed by atoms with E-state index in [0.29, 0.717) is 16.5 Å². The average Bonchev–Trinajstić information content (AvgIpc) is 2.34. The van der Waals surface area contributed by atoms with E-state index >= 15 is 0 Å². The molecule has 0 atom stereocenters. The first-order chi connectivity index (χ1) is 8.56. The third-order valence-electron chi connectivity index (χ3n) is 3.51. The van der Waals surface area contributed by atoms with Crippen LogP contribution in [-0.2, 0) is 11.2 Å². The predicted octanol–water partition coefficient (Wildman–Crippen LogP) is 2.85. The number of carbonyl (C=O) groups is 1. The zero-order chi connectivity index (χ0) is 13.1. The number of halogens is 1. The Morgan fingerprint density at radius 3 is 2.78 bits per heavy atom. The second-order valence-electron chi connectivity index (χ2n) is 5.02. The number of rotatable bonds is 2. The fourth-order valence-corrected chi connectivity index (χ4v) is 2.41. The van der Waals surface area contributed by atoms with Gasteiger partial charge in [0, 0.05) is 18.1 Å². The number of phenols is 1. The first-order valence-electron chi connectivity index (χ1n) is 6.31. The second kappa shape index (κ2) is 5.61. The lowest BCUT2D eigenvalue weighted by Gasteiger charge is -2.30. The summed E-state index contributed by atoms with van der Waals surface area (Å²) in [5.74, 6) is 0.947. The Bertz CT molecular complexity index is 439. The number of carbonyl (C=O) groups excluding carboxylic acids is 1. The van der Waals surface area contributed by atoms with Crippen LogP contribution in [0.2, 0.25) is 5.02 Å². The molecule has 0 spiro atoms. The fraction of sp³-hybridized carbons (Fsp3) is 0.500. The Labute approximate surface area is 112 Å². The largest absolute Gasteiger partial charge is 0.508 e. The second-order valence-corrected chi connectivity index (χ2v) is 5.42. The quantitative estimate of drug-likeness (QED) is 0.895. The van der Waals surface area contributed by atoms with E-state index in [1.165, 1.54) is 6.07 Å². The number of phenolic OH excluding ortho intramolecular Hbond substituents is 1. The molecule has 1 N–H and O–H groups in total. The average molecular weight is 268 g/mol. The summed E-state index contributed by atoms with van der Waals surface area (Å²) in [5, 5.41) is 9.95. The Morgan fingerprint density at radius 1 is 1.44 bits per heavy atom. The van der Waals surface area contributed by atoms with Gasteiger partial charge >= 0.3 is 0 Å². The highest BCUT2D eigenvalue weighted by Crippen LogP contribution is 2.23. The number of benzene rings is 1. The SMILES string of the molecule is CC1CCN(C(=O)Cc2cc(O)ccc2Cl)CC1. The van der Waals surface area contributed by atoms with Gasteiger partial charge in [0.05, 0.1) is 6.42 Å². The van der Waals surface area contributed by atoms with Crippen LogP contribution >= 0.6 is 11.6 Å². The van der Waals surface area contributed by atoms with Crippen molar-refractivity contribution in [2.75, 3.05) is 13.1 Å². The van der Waals surface area contributed by atoms with Crippen molar-refractivity contribution in [2.24, 2.45) is 5.92 Å². The van der Waals surface area contributed by atoms with E-state index in [4.69, 9.17) is 11.6 Å². The minimum absolute atomic E-state index is 0.0920. The summed E-state index contributed by atoms with van der Waals surface area (Å²) in [6.45, 7) is 3.88. The maximum Gasteiger partial charge on any atom is 0.227 e. The smallest absolute Gasteiger partial charge is 0.227 e. The minimum Gasteiger partial charge on any atom is -0.508 e. The summed E-state index contributed by atoms with van der Waals surface area (Å²) in [5.41, 5.74) is 0.695. The molecule has 0 unspecified atom stereocenters. The van der Waals surface area contributed by atoms with Crippen LogP contribution in [-0.4, -0.2) is 29.0 Å². The van der Waals surface area contributed by atoms with Crippen molar-refractivity contribution >= 4 is 17.5 Å². The van der Waals surface area contributed by atoms with Crippen LogP contribution in [0.15, 0.2) is 18.2 Å². The highest BCUT2D eigenvalue weighted by molar-refractivity contribution is 6.31. The molecule has 0 aliphatic carbocycles. The van der Waals surface area contributed by atoms with Gasteiger partial charge in [-0.2, -0.15) is 0 Å². The molecular formula is C14H18ClNO2. The molecular weight excluding hydrogens is 250 g/mol. The molecule has 0 radical (unpaired) electrons. The summed E-state index contributed by atoms with van der Waals surface area (Å²) >= 11 is 6.02. The lowest BCUT2D eigenvalue weighted by atomic mass is 9.98. The van der Waals surface area contributed by atoms with E-state index in [1.54, 1.807) is 12.1 Å². The van der Waals surface area contributed by atoms with Gasteiger partial charge in [0.2, 0.25) is 5.91 Å². The lowest BCUT2D eigenvalue weighted by molar-refractivity contribution is -0.131. The van der Waals surface area contributed by atoms with Gasteiger partial charge in [-0.3, -0.25) is 4.79 Å². The molecule has 4 heteroatoms. The summed E-state index contributed by atoms with van der Waals surface area (Å²) in [6.07, 6.45) is 2.40. The van der Waals surface area contributed by atoms with Gasteiger partial charge in [-0.05, 0) is 42.5 Å². The summed E-state index contributed by atoms with van der Waals surface area (Å²) in [4.78, 5) is 14.0. The molecule has 0 saturated carbocycles. The third kappa shape index (κ3) is 3.16. The van der Waals surface area contributed by atoms with E-state index in [1.807, 2.05) is 4.90 Å². The Morgan fingerprint density at radius 2 is 2.11 bits per heavy atom. The molecule has 0 bridgehead atoms. The van der Waals surface area contributed by atoms with Gasteiger partial charge < -0.3 is 10.0 Å². The van der Waals surface area contributed by atoms with Crippen LogP contribution in [0.3, 0.4) is 0 Å². The Kier molecular flexibility index (Phi) is 4.12. The van der Waals surface area contributed by atoms with Crippen molar-refractivity contribution in [3.8, 4) is 5.75 Å². The van der Waals surface area contributed by atoms with Crippen molar-refractivity contribution in [2.45, 2.75) is 26.2 Å². The zero-order valence-electron chi connectivity index (χ0n) is 10.5. The molecule has 0 aromatic heterocycles. The van der Waals surface area contributed by atoms with Crippen molar-refractivity contribution in [1.29, 1.82) is 0 Å². The molecule has 1 aromatic carbocycles. The molecule has 98 valence electrons. The highest BCUT2D eigenvalue weighted by Gasteiger charge is 2.20. The number of aromatic hydroxyl groups is 1. The van der Waals surface area contributed by atoms with Crippen LogP contribution in [0.4, 0.5) is 0 Å². The molecule has 18 heavy (non-hydrogen) atoms. The summed E-state index contributed by atoms with van der Waals surface area (Å²) in [7, 11) is 0. The number of hydrogen-bond donors (Lipinski definition) is 1. The first-order valence-corrected chi connectivity index (χ1v) is 6.69. The van der Waals surface area contributed by atoms with Crippen LogP contribution in [0.1, 0.15) is 25.3 Å². The Hall–Kier alpha value is -1.22. The maximum atomic E-state index is 12.1. The number of piperidine rings is 1. The van der Waals surface area contributed by atoms with Gasteiger partial charge in [0.25, 0.3) is 0 Å². The maximum absolute atomic E-state index is 12.1. The molecule has 1 aliphatic heterocycles. The topological polar surface area (TPSA) is 40.5 Å². The van der Waals surface area contributed by atoms with Crippen molar-refractivity contribution < 1.29 is 9.90 Å². The molecule has 1 aromatic rings. The highest BCUT2D eigenvalue weighted by atomic mass is 35.5. The normalized spacial score (nSPS) is 16.9. The van der Waals surface area contributed by atoms with Crippen LogP contribution in [0.5, 0.6) is 5.75 Å². The number of nitrogens with zero attached hydrogens (tertiary/aromatic N) is 1. The minimum atomic E-state index is 0.0920. The molecule has 1 fully saturated rings. The van der Waals surface area contributed by atoms with E-state index in [-0.39, 0.29) is 18.1 Å². The van der Waals surface area contributed by atoms with Crippen molar-refractivity contribution in [3.05, 3.63) is 28.8 Å². The van der Waals surface area contributed by atoms with Crippen LogP contribution in [0, 0.1) is 5.92 Å². The molecule has 1 amide bonds. The molecule has 1 heterocycles. The number of amides is 1. The van der Waals surface area contributed by atoms with E-state index in [0.717, 1.165) is 25.9 Å². The van der Waals surface area contributed by atoms with Crippen LogP contribution in [0.25, 0.3) is 0 Å². The monoisotopic (exact) mass is 267 g/mol. The third-order valence-corrected chi connectivity index (χ3v) is 3.88. The molecule has 1 aliphatic rings. The van der Waals surface area contributed by atoms with Crippen LogP contribution < -0.4 is 0 Å². The number of hydrogen-bond acceptors (Lipinski definition) is 2. The predicted molar refractivity (Wildman–Crippen MR) is 71.8 cm³/mol. The summed E-state index contributed by atoms with van der Waals surface area (Å²) < 4.78 is 0. The van der Waals surface area contributed by atoms with Gasteiger partial charge in [-0.1, -0.05) is 18.5 Å². The van der Waals surface area contributed by atoms with E-state index in [9.17, 15) is 9.90 Å². The zero-order valence-corrected chi connectivity index (χ0v) is 11.3. The molecule has 1 saturated heterocycles. The van der Waals surface area contributed by atoms with Gasteiger partial charge in [0.15, 0.2) is 0 Å². The van der Waals surface area contributed by atoms with Gasteiger partial charge in [-0.25, -0.2) is 0 Å². The van der Waals surface area contributed by atoms with E-state index < -0.39 is 0 Å². The van der Waals surface area contributed by atoms with Crippen molar-refractivity contribution in [3.63, 3.8) is 0 Å². The Balaban J connectivity index is 2.00. The fourth-order valence-electron chi connectivity index (χ4n) is 2.23. The lowest BCUT2D eigenvalue weighted by Crippen LogP contribution is -2.38. The van der Waals surface area contributed by atoms with Crippen molar-refractivity contribution in [1.82, 2.24) is 4.90 Å². The molecule has 3 nitrogen and oxygen atoms in total.